The Morgan fingerprint density at radius 3 is 0.714 bits per heavy atom. The van der Waals surface area contributed by atoms with Crippen LogP contribution in [0.5, 0.6) is 0 Å². The molecular weight excluding hydrogens is 688 g/mol. The van der Waals surface area contributed by atoms with Gasteiger partial charge in [0.15, 0.2) is 0 Å². The number of fused-ring (bicyclic) bond motifs is 8. The van der Waals surface area contributed by atoms with Crippen LogP contribution < -0.4 is 0 Å². The van der Waals surface area contributed by atoms with Crippen molar-refractivity contribution in [1.82, 2.24) is 39.2 Å². The van der Waals surface area contributed by atoms with Crippen molar-refractivity contribution in [2.45, 2.75) is 25.7 Å². The zero-order valence-electron chi connectivity index (χ0n) is 29.1. The van der Waals surface area contributed by atoms with E-state index in [9.17, 15) is 19.2 Å². The molecule has 4 bridgehead atoms. The Balaban J connectivity index is 0.000000333. The number of nitrogens with zero attached hydrogens (tertiary/aromatic N) is 8. The second-order valence-corrected chi connectivity index (χ2v) is 13.5. The summed E-state index contributed by atoms with van der Waals surface area (Å²) in [5.41, 5.74) is 0. The fourth-order valence-electron chi connectivity index (χ4n) is 6.96. The number of hydrogen-bond donors (Lipinski definition) is 4. The maximum atomic E-state index is 11.1. The first kappa shape index (κ1) is 43.2. The summed E-state index contributed by atoms with van der Waals surface area (Å²) < 4.78 is 0. The van der Waals surface area contributed by atoms with Gasteiger partial charge in [-0.3, -0.25) is 38.8 Å². The zero-order valence-corrected chi connectivity index (χ0v) is 30.0. The first-order valence-corrected chi connectivity index (χ1v) is 17.7. The summed E-state index contributed by atoms with van der Waals surface area (Å²) in [6.45, 7) is 17.6. The molecule has 0 aromatic heterocycles. The van der Waals surface area contributed by atoms with Gasteiger partial charge in [-0.15, -0.1) is 0 Å². The van der Waals surface area contributed by atoms with Crippen molar-refractivity contribution < 1.29 is 56.7 Å². The summed E-state index contributed by atoms with van der Waals surface area (Å²) in [6, 6.07) is 0. The first-order chi connectivity index (χ1) is 23.0. The minimum Gasteiger partial charge on any atom is -0.480 e. The van der Waals surface area contributed by atoms with E-state index in [1.165, 1.54) is 0 Å². The topological polar surface area (TPSA) is 175 Å². The predicted molar refractivity (Wildman–Crippen MR) is 181 cm³/mol. The van der Waals surface area contributed by atoms with Gasteiger partial charge in [-0.05, 0) is 65.0 Å². The van der Waals surface area contributed by atoms with Crippen LogP contribution in [0.15, 0.2) is 0 Å². The Hall–Kier alpha value is -1.92. The molecule has 4 fully saturated rings. The van der Waals surface area contributed by atoms with Gasteiger partial charge in [-0.2, -0.15) is 0 Å². The second kappa shape index (κ2) is 24.3. The molecule has 0 amide bonds. The van der Waals surface area contributed by atoms with Gasteiger partial charge in [0.05, 0.1) is 26.2 Å². The molecule has 0 spiro atoms. The molecule has 4 saturated heterocycles. The number of aliphatic carboxylic acids is 4. The summed E-state index contributed by atoms with van der Waals surface area (Å²) in [5, 5.41) is 36.3. The maximum Gasteiger partial charge on any atom is 0.317 e. The van der Waals surface area contributed by atoms with Gasteiger partial charge in [-0.1, -0.05) is 0 Å². The molecule has 0 aliphatic carbocycles. The van der Waals surface area contributed by atoms with Crippen LogP contribution in [0.1, 0.15) is 25.7 Å². The Kier molecular flexibility index (Phi) is 21.4. The molecular formula is C32H60CuN8O8. The molecule has 4 atom stereocenters. The number of carbonyl (C=O) groups is 4. The van der Waals surface area contributed by atoms with Crippen LogP contribution in [0.3, 0.4) is 0 Å². The molecule has 1 radical (unpaired) electrons. The Morgan fingerprint density at radius 1 is 0.306 bits per heavy atom. The Morgan fingerprint density at radius 2 is 0.490 bits per heavy atom. The zero-order chi connectivity index (χ0) is 34.7. The monoisotopic (exact) mass is 747 g/mol. The third kappa shape index (κ3) is 19.3. The summed E-state index contributed by atoms with van der Waals surface area (Å²) >= 11 is 0. The van der Waals surface area contributed by atoms with Crippen molar-refractivity contribution in [3.8, 4) is 0 Å². The average molecular weight is 748 g/mol. The Labute approximate surface area is 302 Å². The maximum absolute atomic E-state index is 11.1. The van der Waals surface area contributed by atoms with Crippen molar-refractivity contribution in [1.29, 1.82) is 0 Å². The normalized spacial score (nSPS) is 27.8. The van der Waals surface area contributed by atoms with Gasteiger partial charge in [0, 0.05) is 109 Å². The Bertz CT molecular complexity index is 925. The van der Waals surface area contributed by atoms with E-state index in [-0.39, 0.29) is 43.2 Å². The van der Waals surface area contributed by atoms with E-state index < -0.39 is 23.9 Å². The molecule has 17 heteroatoms. The van der Waals surface area contributed by atoms with Gasteiger partial charge in [0.1, 0.15) is 0 Å². The van der Waals surface area contributed by atoms with Gasteiger partial charge in [-0.25, -0.2) is 0 Å². The molecule has 0 aromatic carbocycles. The molecule has 4 aliphatic heterocycles. The largest absolute Gasteiger partial charge is 0.480 e. The van der Waals surface area contributed by atoms with Crippen molar-refractivity contribution in [2.24, 2.45) is 0 Å². The molecule has 4 unspecified atom stereocenters. The van der Waals surface area contributed by atoms with Crippen LogP contribution in [0, 0.1) is 0 Å². The molecule has 4 aliphatic rings. The van der Waals surface area contributed by atoms with Crippen molar-refractivity contribution in [3.05, 3.63) is 0 Å². The third-order valence-corrected chi connectivity index (χ3v) is 9.62. The van der Waals surface area contributed by atoms with Gasteiger partial charge in [0.2, 0.25) is 0 Å². The van der Waals surface area contributed by atoms with Crippen molar-refractivity contribution in [2.75, 3.05) is 157 Å². The smallest absolute Gasteiger partial charge is 0.317 e. The summed E-state index contributed by atoms with van der Waals surface area (Å²) in [5.74, 6) is -3.10. The molecule has 4 heterocycles. The molecule has 4 N–H and O–H groups in total. The van der Waals surface area contributed by atoms with E-state index >= 15 is 0 Å². The van der Waals surface area contributed by atoms with E-state index in [2.05, 4.69) is 19.6 Å². The summed E-state index contributed by atoms with van der Waals surface area (Å²) in [4.78, 5) is 61.7. The van der Waals surface area contributed by atoms with Crippen molar-refractivity contribution in [3.63, 3.8) is 0 Å². The average Bonchev–Trinajstić information content (AvgIpc) is 3.06. The van der Waals surface area contributed by atoms with Crippen LogP contribution in [-0.4, -0.2) is 241 Å². The molecule has 0 aromatic rings. The van der Waals surface area contributed by atoms with Gasteiger partial charge in [0.25, 0.3) is 0 Å². The minimum atomic E-state index is -0.776. The number of rotatable bonds is 8. The van der Waals surface area contributed by atoms with E-state index in [0.717, 1.165) is 157 Å². The van der Waals surface area contributed by atoms with Crippen LogP contribution in [0.25, 0.3) is 0 Å². The van der Waals surface area contributed by atoms with E-state index in [1.807, 2.05) is 19.6 Å². The summed E-state index contributed by atoms with van der Waals surface area (Å²) in [6.07, 6.45) is 4.12. The number of carboxylic acid groups (broad SMARTS) is 4. The summed E-state index contributed by atoms with van der Waals surface area (Å²) in [7, 11) is 0. The minimum absolute atomic E-state index is 0. The number of carboxylic acids is 4. The quantitative estimate of drug-likeness (QED) is 0.208. The van der Waals surface area contributed by atoms with E-state index in [1.54, 1.807) is 0 Å². The molecule has 4 rings (SSSR count). The van der Waals surface area contributed by atoms with Crippen LogP contribution in [0.4, 0.5) is 0 Å². The molecule has 287 valence electrons. The predicted octanol–water partition coefficient (Wildman–Crippen LogP) is -1.66. The standard InChI is InChI=1S/2C16H30N4O4.Cu/c2*21-15(22)13-19-6-2-4-17-3-1-5-18(8-10-19)9-12-20(11-7-17)14-16(23)24;/h2*1-14H2,(H,21,22)(H,23,24);. The molecule has 49 heavy (non-hydrogen) atoms. The van der Waals surface area contributed by atoms with Crippen molar-refractivity contribution >= 4 is 23.9 Å². The molecule has 0 saturated carbocycles. The third-order valence-electron chi connectivity index (χ3n) is 9.62. The van der Waals surface area contributed by atoms with E-state index in [0.29, 0.717) is 0 Å². The van der Waals surface area contributed by atoms with E-state index in [4.69, 9.17) is 20.4 Å². The fraction of sp³-hybridized carbons (Fsp3) is 0.875. The van der Waals surface area contributed by atoms with Gasteiger partial charge < -0.3 is 40.0 Å². The molecule has 16 nitrogen and oxygen atoms in total. The van der Waals surface area contributed by atoms with Gasteiger partial charge >= 0.3 is 23.9 Å². The fourth-order valence-corrected chi connectivity index (χ4v) is 6.96. The first-order valence-electron chi connectivity index (χ1n) is 17.7. The van der Waals surface area contributed by atoms with Crippen LogP contribution in [0.2, 0.25) is 0 Å². The van der Waals surface area contributed by atoms with Crippen LogP contribution in [-0.2, 0) is 36.2 Å². The second-order valence-electron chi connectivity index (χ2n) is 13.5. The SMILES string of the molecule is O=C(O)CN1CCCN2CCCN(CC1)CCN(CC(=O)O)CC2.O=C(O)CN1CCCN2CCCN(CC1)CCN(CC(=O)O)CC2.[Cu]. The number of hydrogen-bond acceptors (Lipinski definition) is 12. The van der Waals surface area contributed by atoms with Crippen LogP contribution >= 0.6 is 0 Å².